The molecular formula is C23H28N2. The van der Waals surface area contributed by atoms with Crippen molar-refractivity contribution in [1.82, 2.24) is 4.98 Å². The predicted molar refractivity (Wildman–Crippen MR) is 109 cm³/mol. The number of aromatic nitrogens is 1. The molecule has 3 rings (SSSR count). The van der Waals surface area contributed by atoms with Crippen molar-refractivity contribution >= 4 is 16.5 Å². The molecule has 0 spiro atoms. The third-order valence-corrected chi connectivity index (χ3v) is 4.33. The van der Waals surface area contributed by atoms with Crippen molar-refractivity contribution in [2.75, 3.05) is 18.0 Å². The first-order valence-corrected chi connectivity index (χ1v) is 9.23. The third kappa shape index (κ3) is 4.19. The van der Waals surface area contributed by atoms with Crippen LogP contribution in [0, 0.1) is 11.8 Å². The molecule has 130 valence electrons. The maximum absolute atomic E-state index is 4.68. The van der Waals surface area contributed by atoms with E-state index in [-0.39, 0.29) is 0 Å². The van der Waals surface area contributed by atoms with Crippen LogP contribution in [-0.2, 0) is 0 Å². The summed E-state index contributed by atoms with van der Waals surface area (Å²) in [5, 5.41) is 2.44. The molecule has 0 N–H and O–H groups in total. The van der Waals surface area contributed by atoms with Crippen molar-refractivity contribution in [3.8, 4) is 11.3 Å². The van der Waals surface area contributed by atoms with Crippen LogP contribution in [0.3, 0.4) is 0 Å². The van der Waals surface area contributed by atoms with Gasteiger partial charge in [-0.05, 0) is 35.4 Å². The van der Waals surface area contributed by atoms with E-state index < -0.39 is 0 Å². The molecule has 25 heavy (non-hydrogen) atoms. The van der Waals surface area contributed by atoms with Crippen molar-refractivity contribution in [3.63, 3.8) is 0 Å². The summed E-state index contributed by atoms with van der Waals surface area (Å²) in [6, 6.07) is 19.4. The zero-order chi connectivity index (χ0) is 17.8. The molecule has 3 aromatic rings. The number of benzene rings is 2. The SMILES string of the molecule is CC(C)CN(CC(C)C)c1cccc(-c2nccc3ccccc23)c1. The molecule has 0 atom stereocenters. The average Bonchev–Trinajstić information content (AvgIpc) is 2.60. The molecule has 2 nitrogen and oxygen atoms in total. The minimum atomic E-state index is 0.637. The fourth-order valence-corrected chi connectivity index (χ4v) is 3.37. The number of nitrogens with zero attached hydrogens (tertiary/aromatic N) is 2. The maximum Gasteiger partial charge on any atom is 0.0781 e. The molecule has 0 saturated heterocycles. The van der Waals surface area contributed by atoms with Gasteiger partial charge in [0.05, 0.1) is 5.69 Å². The van der Waals surface area contributed by atoms with Gasteiger partial charge in [0.25, 0.3) is 0 Å². The van der Waals surface area contributed by atoms with E-state index in [4.69, 9.17) is 0 Å². The lowest BCUT2D eigenvalue weighted by molar-refractivity contribution is 0.553. The lowest BCUT2D eigenvalue weighted by atomic mass is 10.0. The Balaban J connectivity index is 2.02. The number of anilines is 1. The monoisotopic (exact) mass is 332 g/mol. The molecule has 0 amide bonds. The Hall–Kier alpha value is -2.35. The van der Waals surface area contributed by atoms with Crippen LogP contribution in [0.4, 0.5) is 5.69 Å². The van der Waals surface area contributed by atoms with Crippen LogP contribution in [0.5, 0.6) is 0 Å². The van der Waals surface area contributed by atoms with E-state index >= 15 is 0 Å². The smallest absolute Gasteiger partial charge is 0.0781 e. The van der Waals surface area contributed by atoms with Gasteiger partial charge in [-0.15, -0.1) is 0 Å². The van der Waals surface area contributed by atoms with Gasteiger partial charge in [0.1, 0.15) is 0 Å². The Morgan fingerprint density at radius 2 is 1.56 bits per heavy atom. The highest BCUT2D eigenvalue weighted by molar-refractivity contribution is 5.94. The lowest BCUT2D eigenvalue weighted by Gasteiger charge is -2.29. The summed E-state index contributed by atoms with van der Waals surface area (Å²) in [5.41, 5.74) is 3.54. The number of pyridine rings is 1. The minimum Gasteiger partial charge on any atom is -0.371 e. The highest BCUT2D eigenvalue weighted by atomic mass is 15.1. The third-order valence-electron chi connectivity index (χ3n) is 4.33. The standard InChI is InChI=1S/C23H28N2/c1-17(2)15-25(16-18(3)4)21-10-7-9-20(14-21)23-22-11-6-5-8-19(22)12-13-24-23/h5-14,17-18H,15-16H2,1-4H3. The van der Waals surface area contributed by atoms with Crippen LogP contribution in [0.1, 0.15) is 27.7 Å². The number of fused-ring (bicyclic) bond motifs is 1. The highest BCUT2D eigenvalue weighted by Gasteiger charge is 2.12. The van der Waals surface area contributed by atoms with E-state index in [1.165, 1.54) is 22.0 Å². The van der Waals surface area contributed by atoms with Crippen LogP contribution in [-0.4, -0.2) is 18.1 Å². The molecule has 0 aliphatic carbocycles. The van der Waals surface area contributed by atoms with Crippen molar-refractivity contribution in [3.05, 3.63) is 60.8 Å². The largest absolute Gasteiger partial charge is 0.371 e. The van der Waals surface area contributed by atoms with Crippen molar-refractivity contribution in [2.45, 2.75) is 27.7 Å². The van der Waals surface area contributed by atoms with E-state index in [0.717, 1.165) is 18.8 Å². The zero-order valence-electron chi connectivity index (χ0n) is 15.7. The molecule has 0 aliphatic heterocycles. The molecule has 0 aliphatic rings. The molecule has 0 radical (unpaired) electrons. The van der Waals surface area contributed by atoms with E-state index in [2.05, 4.69) is 92.2 Å². The van der Waals surface area contributed by atoms with E-state index in [1.54, 1.807) is 0 Å². The van der Waals surface area contributed by atoms with Crippen LogP contribution >= 0.6 is 0 Å². The molecule has 1 heterocycles. The fourth-order valence-electron chi connectivity index (χ4n) is 3.37. The quantitative estimate of drug-likeness (QED) is 0.548. The van der Waals surface area contributed by atoms with Crippen molar-refractivity contribution in [2.24, 2.45) is 11.8 Å². The topological polar surface area (TPSA) is 16.1 Å². The Labute approximate surface area is 151 Å². The second-order valence-electron chi connectivity index (χ2n) is 7.62. The molecule has 0 saturated carbocycles. The summed E-state index contributed by atoms with van der Waals surface area (Å²) in [5.74, 6) is 1.27. The van der Waals surface area contributed by atoms with Gasteiger partial charge < -0.3 is 4.90 Å². The summed E-state index contributed by atoms with van der Waals surface area (Å²) >= 11 is 0. The van der Waals surface area contributed by atoms with Crippen molar-refractivity contribution in [1.29, 1.82) is 0 Å². The lowest BCUT2D eigenvalue weighted by Crippen LogP contribution is -2.31. The maximum atomic E-state index is 4.68. The first-order valence-electron chi connectivity index (χ1n) is 9.23. The van der Waals surface area contributed by atoms with Gasteiger partial charge in [-0.25, -0.2) is 0 Å². The van der Waals surface area contributed by atoms with Crippen LogP contribution in [0.2, 0.25) is 0 Å². The first kappa shape index (κ1) is 17.5. The van der Waals surface area contributed by atoms with Gasteiger partial charge in [-0.1, -0.05) is 64.1 Å². The predicted octanol–water partition coefficient (Wildman–Crippen LogP) is 6.02. The molecule has 2 heteroatoms. The number of rotatable bonds is 6. The number of hydrogen-bond acceptors (Lipinski definition) is 2. The van der Waals surface area contributed by atoms with Gasteiger partial charge in [0, 0.05) is 35.9 Å². The van der Waals surface area contributed by atoms with Crippen LogP contribution in [0.25, 0.3) is 22.0 Å². The van der Waals surface area contributed by atoms with Gasteiger partial charge in [-0.3, -0.25) is 4.98 Å². The van der Waals surface area contributed by atoms with Gasteiger partial charge >= 0.3 is 0 Å². The van der Waals surface area contributed by atoms with Gasteiger partial charge in [-0.2, -0.15) is 0 Å². The normalized spacial score (nSPS) is 11.4. The summed E-state index contributed by atoms with van der Waals surface area (Å²) in [6.07, 6.45) is 1.91. The van der Waals surface area contributed by atoms with E-state index in [0.29, 0.717) is 11.8 Å². The number of hydrogen-bond donors (Lipinski definition) is 0. The minimum absolute atomic E-state index is 0.637. The Morgan fingerprint density at radius 3 is 2.28 bits per heavy atom. The fraction of sp³-hybridized carbons (Fsp3) is 0.348. The molecular weight excluding hydrogens is 304 g/mol. The average molecular weight is 332 g/mol. The summed E-state index contributed by atoms with van der Waals surface area (Å²) in [4.78, 5) is 7.18. The van der Waals surface area contributed by atoms with E-state index in [9.17, 15) is 0 Å². The zero-order valence-corrected chi connectivity index (χ0v) is 15.7. The van der Waals surface area contributed by atoms with Crippen LogP contribution < -0.4 is 4.90 Å². The second kappa shape index (κ2) is 7.69. The molecule has 0 fully saturated rings. The second-order valence-corrected chi connectivity index (χ2v) is 7.62. The van der Waals surface area contributed by atoms with Gasteiger partial charge in [0.2, 0.25) is 0 Å². The molecule has 1 aromatic heterocycles. The Bertz CT molecular complexity index is 821. The Morgan fingerprint density at radius 1 is 0.840 bits per heavy atom. The summed E-state index contributed by atoms with van der Waals surface area (Å²) < 4.78 is 0. The molecule has 2 aromatic carbocycles. The highest BCUT2D eigenvalue weighted by Crippen LogP contribution is 2.29. The van der Waals surface area contributed by atoms with E-state index in [1.807, 2.05) is 6.20 Å². The molecule has 0 bridgehead atoms. The first-order chi connectivity index (χ1) is 12.0. The molecule has 0 unspecified atom stereocenters. The summed E-state index contributed by atoms with van der Waals surface area (Å²) in [7, 11) is 0. The Kier molecular flexibility index (Phi) is 5.37. The van der Waals surface area contributed by atoms with Crippen molar-refractivity contribution < 1.29 is 0 Å². The summed E-state index contributed by atoms with van der Waals surface area (Å²) in [6.45, 7) is 11.3. The van der Waals surface area contributed by atoms with Gasteiger partial charge in [0.15, 0.2) is 0 Å². The van der Waals surface area contributed by atoms with Crippen LogP contribution in [0.15, 0.2) is 60.8 Å².